The maximum atomic E-state index is 12.3. The van der Waals surface area contributed by atoms with Crippen LogP contribution in [0, 0.1) is 12.8 Å². The molecule has 0 unspecified atom stereocenters. The molecule has 0 aromatic heterocycles. The average molecular weight is 246 g/mol. The molecule has 18 heavy (non-hydrogen) atoms. The van der Waals surface area contributed by atoms with Gasteiger partial charge in [-0.05, 0) is 37.4 Å². The van der Waals surface area contributed by atoms with Crippen LogP contribution >= 0.6 is 0 Å². The van der Waals surface area contributed by atoms with Crippen LogP contribution in [-0.2, 0) is 11.3 Å². The van der Waals surface area contributed by atoms with Crippen LogP contribution in [0.2, 0.25) is 0 Å². The highest BCUT2D eigenvalue weighted by Crippen LogP contribution is 2.15. The minimum Gasteiger partial charge on any atom is -0.341 e. The van der Waals surface area contributed by atoms with Crippen molar-refractivity contribution in [2.24, 2.45) is 5.92 Å². The zero-order chi connectivity index (χ0) is 13.0. The molecule has 0 spiro atoms. The molecule has 1 aliphatic heterocycles. The van der Waals surface area contributed by atoms with Gasteiger partial charge in [-0.2, -0.15) is 0 Å². The first kappa shape index (κ1) is 13.1. The number of benzene rings is 1. The van der Waals surface area contributed by atoms with Crippen LogP contribution in [0.1, 0.15) is 24.0 Å². The van der Waals surface area contributed by atoms with E-state index < -0.39 is 0 Å². The van der Waals surface area contributed by atoms with Gasteiger partial charge in [0.2, 0.25) is 5.91 Å². The summed E-state index contributed by atoms with van der Waals surface area (Å²) < 4.78 is 0. The predicted octanol–water partition coefficient (Wildman–Crippen LogP) is 1.95. The first-order valence-corrected chi connectivity index (χ1v) is 6.68. The van der Waals surface area contributed by atoms with Gasteiger partial charge >= 0.3 is 0 Å². The van der Waals surface area contributed by atoms with Crippen LogP contribution in [0.15, 0.2) is 24.3 Å². The normalized spacial score (nSPS) is 19.6. The Hall–Kier alpha value is -1.35. The number of piperidine rings is 1. The number of carbonyl (C=O) groups is 1. The number of hydrogen-bond acceptors (Lipinski definition) is 2. The first-order valence-electron chi connectivity index (χ1n) is 6.68. The summed E-state index contributed by atoms with van der Waals surface area (Å²) in [5.41, 5.74) is 2.48. The summed E-state index contributed by atoms with van der Waals surface area (Å²) in [4.78, 5) is 14.2. The molecule has 1 atom stereocenters. The van der Waals surface area contributed by atoms with E-state index in [0.717, 1.165) is 25.9 Å². The monoisotopic (exact) mass is 246 g/mol. The molecule has 1 heterocycles. The fourth-order valence-corrected chi connectivity index (χ4v) is 2.50. The third-order valence-corrected chi connectivity index (χ3v) is 3.69. The molecule has 1 N–H and O–H groups in total. The standard InChI is InChI=1S/C15H22N2O/c1-12-6-3-4-7-14(12)11-17(2)15(18)13-8-5-9-16-10-13/h3-4,6-7,13,16H,5,8-11H2,1-2H3/t13-/m0/s1. The molecule has 1 fully saturated rings. The van der Waals surface area contributed by atoms with E-state index in [0.29, 0.717) is 6.54 Å². The van der Waals surface area contributed by atoms with Gasteiger partial charge in [0.1, 0.15) is 0 Å². The number of hydrogen-bond donors (Lipinski definition) is 1. The lowest BCUT2D eigenvalue weighted by atomic mass is 9.98. The second-order valence-corrected chi connectivity index (χ2v) is 5.16. The summed E-state index contributed by atoms with van der Waals surface area (Å²) in [5.74, 6) is 0.429. The van der Waals surface area contributed by atoms with Gasteiger partial charge in [0.05, 0.1) is 5.92 Å². The lowest BCUT2D eigenvalue weighted by Crippen LogP contribution is -2.41. The Balaban J connectivity index is 1.96. The van der Waals surface area contributed by atoms with Crippen molar-refractivity contribution in [3.63, 3.8) is 0 Å². The molecular formula is C15H22N2O. The number of nitrogens with zero attached hydrogens (tertiary/aromatic N) is 1. The van der Waals surface area contributed by atoms with Gasteiger partial charge in [0.25, 0.3) is 0 Å². The third kappa shape index (κ3) is 3.10. The fourth-order valence-electron chi connectivity index (χ4n) is 2.50. The van der Waals surface area contributed by atoms with Crippen molar-refractivity contribution in [2.45, 2.75) is 26.3 Å². The topological polar surface area (TPSA) is 32.3 Å². The zero-order valence-electron chi connectivity index (χ0n) is 11.3. The van der Waals surface area contributed by atoms with Crippen LogP contribution in [0.5, 0.6) is 0 Å². The van der Waals surface area contributed by atoms with E-state index in [9.17, 15) is 4.79 Å². The molecule has 0 saturated carbocycles. The maximum absolute atomic E-state index is 12.3. The minimum atomic E-state index is 0.160. The van der Waals surface area contributed by atoms with E-state index in [1.807, 2.05) is 24.1 Å². The molecule has 1 aromatic rings. The summed E-state index contributed by atoms with van der Waals surface area (Å²) in [6.45, 7) is 4.68. The summed E-state index contributed by atoms with van der Waals surface area (Å²) in [6.07, 6.45) is 2.12. The number of nitrogens with one attached hydrogen (secondary N) is 1. The van der Waals surface area contributed by atoms with Gasteiger partial charge in [0.15, 0.2) is 0 Å². The third-order valence-electron chi connectivity index (χ3n) is 3.69. The molecule has 0 radical (unpaired) electrons. The Kier molecular flexibility index (Phi) is 4.37. The van der Waals surface area contributed by atoms with Crippen LogP contribution in [0.25, 0.3) is 0 Å². The Morgan fingerprint density at radius 1 is 1.44 bits per heavy atom. The lowest BCUT2D eigenvalue weighted by Gasteiger charge is -2.27. The molecule has 1 aliphatic rings. The molecule has 0 aliphatic carbocycles. The van der Waals surface area contributed by atoms with Crippen molar-refractivity contribution >= 4 is 5.91 Å². The number of rotatable bonds is 3. The van der Waals surface area contributed by atoms with E-state index in [4.69, 9.17) is 0 Å². The van der Waals surface area contributed by atoms with Gasteiger partial charge in [-0.1, -0.05) is 24.3 Å². The number of amides is 1. The van der Waals surface area contributed by atoms with Crippen LogP contribution in [0.4, 0.5) is 0 Å². The predicted molar refractivity (Wildman–Crippen MR) is 73.2 cm³/mol. The molecule has 1 aromatic carbocycles. The van der Waals surface area contributed by atoms with E-state index in [1.165, 1.54) is 11.1 Å². The van der Waals surface area contributed by atoms with Crippen molar-refractivity contribution in [1.82, 2.24) is 10.2 Å². The van der Waals surface area contributed by atoms with Crippen LogP contribution in [0.3, 0.4) is 0 Å². The van der Waals surface area contributed by atoms with Crippen molar-refractivity contribution in [3.8, 4) is 0 Å². The smallest absolute Gasteiger partial charge is 0.227 e. The summed E-state index contributed by atoms with van der Waals surface area (Å²) in [5, 5.41) is 3.30. The van der Waals surface area contributed by atoms with E-state index in [2.05, 4.69) is 24.4 Å². The molecule has 98 valence electrons. The SMILES string of the molecule is Cc1ccccc1CN(C)C(=O)[C@H]1CCCNC1. The number of aryl methyl sites for hydroxylation is 1. The first-order chi connectivity index (χ1) is 8.68. The van der Waals surface area contributed by atoms with E-state index >= 15 is 0 Å². The lowest BCUT2D eigenvalue weighted by molar-refractivity contribution is -0.135. The Morgan fingerprint density at radius 2 is 2.22 bits per heavy atom. The van der Waals surface area contributed by atoms with Crippen molar-refractivity contribution in [3.05, 3.63) is 35.4 Å². The molecule has 3 nitrogen and oxygen atoms in total. The number of carbonyl (C=O) groups excluding carboxylic acids is 1. The van der Waals surface area contributed by atoms with Gasteiger partial charge in [0, 0.05) is 20.1 Å². The molecular weight excluding hydrogens is 224 g/mol. The van der Waals surface area contributed by atoms with Crippen molar-refractivity contribution < 1.29 is 4.79 Å². The van der Waals surface area contributed by atoms with Crippen LogP contribution in [-0.4, -0.2) is 30.9 Å². The summed E-state index contributed by atoms with van der Waals surface area (Å²) in [7, 11) is 1.91. The highest BCUT2D eigenvalue weighted by Gasteiger charge is 2.23. The molecule has 0 bridgehead atoms. The maximum Gasteiger partial charge on any atom is 0.227 e. The summed E-state index contributed by atoms with van der Waals surface area (Å²) in [6, 6.07) is 8.25. The van der Waals surface area contributed by atoms with E-state index in [-0.39, 0.29) is 11.8 Å². The van der Waals surface area contributed by atoms with E-state index in [1.54, 1.807) is 0 Å². The second kappa shape index (κ2) is 6.01. The Bertz CT molecular complexity index is 411. The molecule has 3 heteroatoms. The highest BCUT2D eigenvalue weighted by molar-refractivity contribution is 5.79. The molecule has 2 rings (SSSR count). The average Bonchev–Trinajstić information content (AvgIpc) is 2.41. The van der Waals surface area contributed by atoms with Gasteiger partial charge < -0.3 is 10.2 Å². The van der Waals surface area contributed by atoms with Crippen LogP contribution < -0.4 is 5.32 Å². The molecule has 1 amide bonds. The minimum absolute atomic E-state index is 0.160. The Morgan fingerprint density at radius 3 is 2.89 bits per heavy atom. The van der Waals surface area contributed by atoms with Crippen molar-refractivity contribution in [1.29, 1.82) is 0 Å². The highest BCUT2D eigenvalue weighted by atomic mass is 16.2. The zero-order valence-corrected chi connectivity index (χ0v) is 11.3. The van der Waals surface area contributed by atoms with Gasteiger partial charge in [-0.15, -0.1) is 0 Å². The quantitative estimate of drug-likeness (QED) is 0.884. The Labute approximate surface area is 109 Å². The largest absolute Gasteiger partial charge is 0.341 e. The fraction of sp³-hybridized carbons (Fsp3) is 0.533. The van der Waals surface area contributed by atoms with Gasteiger partial charge in [-0.3, -0.25) is 4.79 Å². The van der Waals surface area contributed by atoms with Crippen molar-refractivity contribution in [2.75, 3.05) is 20.1 Å². The second-order valence-electron chi connectivity index (χ2n) is 5.16. The van der Waals surface area contributed by atoms with Gasteiger partial charge in [-0.25, -0.2) is 0 Å². The summed E-state index contributed by atoms with van der Waals surface area (Å²) >= 11 is 0. The molecule has 1 saturated heterocycles.